The van der Waals surface area contributed by atoms with Crippen molar-refractivity contribution in [3.8, 4) is 0 Å². The van der Waals surface area contributed by atoms with Gasteiger partial charge in [0.2, 0.25) is 11.8 Å². The lowest BCUT2D eigenvalue weighted by Gasteiger charge is -2.29. The molecule has 1 aliphatic heterocycles. The molecule has 1 rings (SSSR count). The van der Waals surface area contributed by atoms with E-state index >= 15 is 0 Å². The summed E-state index contributed by atoms with van der Waals surface area (Å²) >= 11 is 0. The molecule has 0 spiro atoms. The van der Waals surface area contributed by atoms with Crippen LogP contribution in [0.1, 0.15) is 26.7 Å². The Balaban J connectivity index is 2.54. The number of morpholine rings is 1. The lowest BCUT2D eigenvalue weighted by Crippen LogP contribution is -2.55. The smallest absolute Gasteiger partial charge is 0.247 e. The second-order valence-electron chi connectivity index (χ2n) is 3.96. The molecule has 92 valence electrons. The minimum Gasteiger partial charge on any atom is -0.369 e. The quantitative estimate of drug-likeness (QED) is 0.728. The molecular formula is C11H20N2O3. The van der Waals surface area contributed by atoms with Crippen molar-refractivity contribution in [2.75, 3.05) is 26.3 Å². The van der Waals surface area contributed by atoms with Gasteiger partial charge in [-0.25, -0.2) is 0 Å². The first-order chi connectivity index (χ1) is 7.69. The zero-order chi connectivity index (χ0) is 12.0. The molecule has 16 heavy (non-hydrogen) atoms. The van der Waals surface area contributed by atoms with Gasteiger partial charge in [0.15, 0.2) is 0 Å². The molecule has 0 aliphatic carbocycles. The van der Waals surface area contributed by atoms with E-state index in [-0.39, 0.29) is 25.0 Å². The number of hydrogen-bond acceptors (Lipinski definition) is 3. The van der Waals surface area contributed by atoms with Crippen molar-refractivity contribution >= 4 is 11.8 Å². The van der Waals surface area contributed by atoms with Crippen molar-refractivity contribution in [3.05, 3.63) is 0 Å². The van der Waals surface area contributed by atoms with Gasteiger partial charge in [0, 0.05) is 13.1 Å². The number of rotatable bonds is 5. The fourth-order valence-electron chi connectivity index (χ4n) is 1.77. The van der Waals surface area contributed by atoms with Gasteiger partial charge in [-0.3, -0.25) is 9.59 Å². The van der Waals surface area contributed by atoms with Gasteiger partial charge in [-0.05, 0) is 12.8 Å². The Hall–Kier alpha value is -1.10. The van der Waals surface area contributed by atoms with Crippen molar-refractivity contribution in [2.24, 2.45) is 0 Å². The third-order valence-electron chi connectivity index (χ3n) is 2.45. The zero-order valence-corrected chi connectivity index (χ0v) is 9.99. The van der Waals surface area contributed by atoms with E-state index in [1.54, 1.807) is 4.90 Å². The molecule has 1 N–H and O–H groups in total. The normalized spacial score (nSPS) is 20.4. The molecule has 1 unspecified atom stereocenters. The number of carbonyl (C=O) groups excluding carboxylic acids is 2. The van der Waals surface area contributed by atoms with Crippen LogP contribution >= 0.6 is 0 Å². The largest absolute Gasteiger partial charge is 0.369 e. The van der Waals surface area contributed by atoms with Gasteiger partial charge in [0.25, 0.3) is 0 Å². The summed E-state index contributed by atoms with van der Waals surface area (Å²) in [6, 6.07) is -0.501. The van der Waals surface area contributed by atoms with Crippen molar-refractivity contribution in [2.45, 2.75) is 32.7 Å². The standard InChI is InChI=1S/C11H20N2O3/c1-3-5-13(6-4-2)11(15)9-7-16-8-10(14)12-9/h9H,3-8H2,1-2H3,(H,12,14). The summed E-state index contributed by atoms with van der Waals surface area (Å²) in [7, 11) is 0. The number of nitrogens with one attached hydrogen (secondary N) is 1. The molecule has 1 atom stereocenters. The van der Waals surface area contributed by atoms with E-state index in [0.29, 0.717) is 0 Å². The van der Waals surface area contributed by atoms with Gasteiger partial charge < -0.3 is 15.0 Å². The number of carbonyl (C=O) groups is 2. The molecule has 1 heterocycles. The summed E-state index contributed by atoms with van der Waals surface area (Å²) in [5.74, 6) is -0.241. The van der Waals surface area contributed by atoms with Crippen LogP contribution in [0.5, 0.6) is 0 Å². The number of amides is 2. The van der Waals surface area contributed by atoms with Crippen LogP contribution in [0.2, 0.25) is 0 Å². The highest BCUT2D eigenvalue weighted by Gasteiger charge is 2.28. The van der Waals surface area contributed by atoms with Gasteiger partial charge in [0.1, 0.15) is 12.6 Å². The molecule has 2 amide bonds. The Kier molecular flexibility index (Phi) is 5.25. The summed E-state index contributed by atoms with van der Waals surface area (Å²) in [5.41, 5.74) is 0. The van der Waals surface area contributed by atoms with Crippen molar-refractivity contribution in [1.29, 1.82) is 0 Å². The molecule has 1 fully saturated rings. The molecule has 0 aromatic rings. The first-order valence-electron chi connectivity index (χ1n) is 5.85. The number of nitrogens with zero attached hydrogens (tertiary/aromatic N) is 1. The number of ether oxygens (including phenoxy) is 1. The summed E-state index contributed by atoms with van der Waals surface area (Å²) in [6.45, 7) is 5.88. The predicted molar refractivity (Wildman–Crippen MR) is 59.9 cm³/mol. The van der Waals surface area contributed by atoms with Gasteiger partial charge in [0.05, 0.1) is 6.61 Å². The Bertz CT molecular complexity index is 250. The predicted octanol–water partition coefficient (Wildman–Crippen LogP) is 0.150. The fraction of sp³-hybridized carbons (Fsp3) is 0.818. The van der Waals surface area contributed by atoms with E-state index in [9.17, 15) is 9.59 Å². The van der Waals surface area contributed by atoms with Crippen LogP contribution in [0.25, 0.3) is 0 Å². The molecule has 5 nitrogen and oxygen atoms in total. The Morgan fingerprint density at radius 3 is 2.56 bits per heavy atom. The maximum atomic E-state index is 12.1. The first-order valence-corrected chi connectivity index (χ1v) is 5.85. The van der Waals surface area contributed by atoms with Gasteiger partial charge in [-0.15, -0.1) is 0 Å². The van der Waals surface area contributed by atoms with E-state index in [4.69, 9.17) is 4.74 Å². The van der Waals surface area contributed by atoms with Crippen molar-refractivity contribution in [1.82, 2.24) is 10.2 Å². The second kappa shape index (κ2) is 6.48. The maximum Gasteiger partial charge on any atom is 0.247 e. The molecule has 1 aliphatic rings. The summed E-state index contributed by atoms with van der Waals surface area (Å²) in [6.07, 6.45) is 1.85. The summed E-state index contributed by atoms with van der Waals surface area (Å²) < 4.78 is 5.06. The van der Waals surface area contributed by atoms with Crippen LogP contribution in [0.15, 0.2) is 0 Å². The van der Waals surface area contributed by atoms with Gasteiger partial charge in [-0.2, -0.15) is 0 Å². The van der Waals surface area contributed by atoms with E-state index < -0.39 is 6.04 Å². The molecule has 0 bridgehead atoms. The SMILES string of the molecule is CCCN(CCC)C(=O)C1COCC(=O)N1. The Morgan fingerprint density at radius 2 is 2.06 bits per heavy atom. The summed E-state index contributed by atoms with van der Waals surface area (Å²) in [4.78, 5) is 25.0. The van der Waals surface area contributed by atoms with Crippen LogP contribution < -0.4 is 5.32 Å². The lowest BCUT2D eigenvalue weighted by molar-refractivity contribution is -0.144. The lowest BCUT2D eigenvalue weighted by atomic mass is 10.2. The Labute approximate surface area is 96.1 Å². The van der Waals surface area contributed by atoms with Crippen LogP contribution in [0.4, 0.5) is 0 Å². The molecule has 0 aromatic carbocycles. The van der Waals surface area contributed by atoms with Gasteiger partial charge in [-0.1, -0.05) is 13.8 Å². The highest BCUT2D eigenvalue weighted by molar-refractivity contribution is 5.89. The number of hydrogen-bond donors (Lipinski definition) is 1. The van der Waals surface area contributed by atoms with E-state index in [1.807, 2.05) is 13.8 Å². The van der Waals surface area contributed by atoms with Crippen LogP contribution in [0.3, 0.4) is 0 Å². The van der Waals surface area contributed by atoms with Crippen molar-refractivity contribution < 1.29 is 14.3 Å². The van der Waals surface area contributed by atoms with E-state index in [2.05, 4.69) is 5.32 Å². The monoisotopic (exact) mass is 228 g/mol. The molecule has 5 heteroatoms. The molecule has 0 radical (unpaired) electrons. The van der Waals surface area contributed by atoms with Crippen LogP contribution in [-0.4, -0.2) is 49.1 Å². The zero-order valence-electron chi connectivity index (χ0n) is 9.99. The van der Waals surface area contributed by atoms with Crippen LogP contribution in [-0.2, 0) is 14.3 Å². The third kappa shape index (κ3) is 3.48. The molecule has 1 saturated heterocycles. The Morgan fingerprint density at radius 1 is 1.44 bits per heavy atom. The minimum absolute atomic E-state index is 0.0308. The van der Waals surface area contributed by atoms with Gasteiger partial charge >= 0.3 is 0 Å². The fourth-order valence-corrected chi connectivity index (χ4v) is 1.77. The van der Waals surface area contributed by atoms with E-state index in [1.165, 1.54) is 0 Å². The third-order valence-corrected chi connectivity index (χ3v) is 2.45. The molecular weight excluding hydrogens is 208 g/mol. The second-order valence-corrected chi connectivity index (χ2v) is 3.96. The highest BCUT2D eigenvalue weighted by Crippen LogP contribution is 2.03. The average Bonchev–Trinajstić information content (AvgIpc) is 2.28. The molecule has 0 aromatic heterocycles. The minimum atomic E-state index is -0.501. The summed E-state index contributed by atoms with van der Waals surface area (Å²) in [5, 5.41) is 2.66. The maximum absolute atomic E-state index is 12.1. The van der Waals surface area contributed by atoms with E-state index in [0.717, 1.165) is 25.9 Å². The highest BCUT2D eigenvalue weighted by atomic mass is 16.5. The first kappa shape index (κ1) is 13.0. The topological polar surface area (TPSA) is 58.6 Å². The average molecular weight is 228 g/mol. The van der Waals surface area contributed by atoms with Crippen LogP contribution in [0, 0.1) is 0 Å². The molecule has 0 saturated carbocycles. The van der Waals surface area contributed by atoms with Crippen molar-refractivity contribution in [3.63, 3.8) is 0 Å².